The van der Waals surface area contributed by atoms with Gasteiger partial charge in [-0.3, -0.25) is 9.69 Å². The molecule has 0 bridgehead atoms. The standard InChI is InChI=1S/C21H20Cl2N2O3/c1-3-7-25-20(26)18(24-21(25)27)11-15-9-16(22)19(17(23)10-15)28-12-14-6-4-5-13(2)8-14/h4-6,8-11H,3,7,12H2,1-2H3,(H,24,27)/b18-11+. The molecule has 1 aliphatic rings. The highest BCUT2D eigenvalue weighted by Gasteiger charge is 2.32. The van der Waals surface area contributed by atoms with E-state index in [1.54, 1.807) is 18.2 Å². The molecule has 3 amide bonds. The van der Waals surface area contributed by atoms with Gasteiger partial charge in [0.2, 0.25) is 0 Å². The third kappa shape index (κ3) is 4.49. The number of carbonyl (C=O) groups excluding carboxylic acids is 2. The molecule has 0 saturated carbocycles. The van der Waals surface area contributed by atoms with Crippen LogP contribution in [0.15, 0.2) is 42.1 Å². The van der Waals surface area contributed by atoms with E-state index < -0.39 is 6.03 Å². The molecule has 0 atom stereocenters. The van der Waals surface area contributed by atoms with E-state index in [9.17, 15) is 9.59 Å². The third-order valence-electron chi connectivity index (χ3n) is 4.21. The predicted octanol–water partition coefficient (Wildman–Crippen LogP) is 5.18. The SMILES string of the molecule is CCCN1C(=O)N/C(=C/c2cc(Cl)c(OCc3cccc(C)c3)c(Cl)c2)C1=O. The van der Waals surface area contributed by atoms with E-state index in [1.165, 1.54) is 4.90 Å². The first-order valence-corrected chi connectivity index (χ1v) is 9.66. The van der Waals surface area contributed by atoms with Crippen molar-refractivity contribution in [2.45, 2.75) is 26.9 Å². The number of nitrogens with one attached hydrogen (secondary N) is 1. The molecule has 1 saturated heterocycles. The van der Waals surface area contributed by atoms with Gasteiger partial charge in [0, 0.05) is 6.54 Å². The molecule has 2 aromatic carbocycles. The minimum atomic E-state index is -0.423. The normalized spacial score (nSPS) is 15.3. The highest BCUT2D eigenvalue weighted by Crippen LogP contribution is 2.35. The highest BCUT2D eigenvalue weighted by atomic mass is 35.5. The lowest BCUT2D eigenvalue weighted by Gasteiger charge is -2.11. The Kier molecular flexibility index (Phi) is 6.27. The van der Waals surface area contributed by atoms with E-state index >= 15 is 0 Å². The Morgan fingerprint density at radius 2 is 1.86 bits per heavy atom. The zero-order chi connectivity index (χ0) is 20.3. The Morgan fingerprint density at radius 3 is 2.50 bits per heavy atom. The monoisotopic (exact) mass is 418 g/mol. The van der Waals surface area contributed by atoms with Gasteiger partial charge in [-0.25, -0.2) is 4.79 Å². The van der Waals surface area contributed by atoms with Crippen molar-refractivity contribution in [2.75, 3.05) is 6.54 Å². The van der Waals surface area contributed by atoms with Crippen molar-refractivity contribution in [1.82, 2.24) is 10.2 Å². The Labute approximate surface area is 173 Å². The van der Waals surface area contributed by atoms with Gasteiger partial charge in [0.1, 0.15) is 12.3 Å². The average molecular weight is 419 g/mol. The maximum absolute atomic E-state index is 12.3. The zero-order valence-corrected chi connectivity index (χ0v) is 17.1. The summed E-state index contributed by atoms with van der Waals surface area (Å²) < 4.78 is 5.79. The molecule has 0 aromatic heterocycles. The molecule has 0 aliphatic carbocycles. The zero-order valence-electron chi connectivity index (χ0n) is 15.6. The van der Waals surface area contributed by atoms with E-state index in [1.807, 2.05) is 38.1 Å². The summed E-state index contributed by atoms with van der Waals surface area (Å²) in [5.74, 6) is 0.0141. The molecule has 146 valence electrons. The quantitative estimate of drug-likeness (QED) is 0.518. The van der Waals surface area contributed by atoms with Crippen LogP contribution in [-0.4, -0.2) is 23.4 Å². The average Bonchev–Trinajstić information content (AvgIpc) is 2.89. The first kappa shape index (κ1) is 20.2. The Morgan fingerprint density at radius 1 is 1.14 bits per heavy atom. The van der Waals surface area contributed by atoms with Crippen LogP contribution in [0.2, 0.25) is 10.0 Å². The number of nitrogens with zero attached hydrogens (tertiary/aromatic N) is 1. The Balaban J connectivity index is 1.78. The van der Waals surface area contributed by atoms with Crippen LogP contribution in [0.3, 0.4) is 0 Å². The largest absolute Gasteiger partial charge is 0.486 e. The van der Waals surface area contributed by atoms with Crippen molar-refractivity contribution >= 4 is 41.2 Å². The van der Waals surface area contributed by atoms with E-state index in [-0.39, 0.29) is 11.6 Å². The number of aryl methyl sites for hydroxylation is 1. The van der Waals surface area contributed by atoms with Crippen LogP contribution < -0.4 is 10.1 Å². The molecule has 7 heteroatoms. The maximum atomic E-state index is 12.3. The van der Waals surface area contributed by atoms with Gasteiger partial charge in [-0.05, 0) is 42.7 Å². The van der Waals surface area contributed by atoms with Gasteiger partial charge in [-0.1, -0.05) is 60.0 Å². The summed E-state index contributed by atoms with van der Waals surface area (Å²) in [5.41, 5.74) is 2.94. The summed E-state index contributed by atoms with van der Waals surface area (Å²) in [5, 5.41) is 3.23. The van der Waals surface area contributed by atoms with Gasteiger partial charge in [-0.15, -0.1) is 0 Å². The molecule has 0 unspecified atom stereocenters. The van der Waals surface area contributed by atoms with Gasteiger partial charge in [0.05, 0.1) is 10.0 Å². The Bertz CT molecular complexity index is 933. The summed E-state index contributed by atoms with van der Waals surface area (Å²) >= 11 is 12.7. The van der Waals surface area contributed by atoms with Crippen LogP contribution >= 0.6 is 23.2 Å². The fraction of sp³-hybridized carbons (Fsp3) is 0.238. The molecule has 1 N–H and O–H groups in total. The van der Waals surface area contributed by atoms with E-state index in [2.05, 4.69) is 5.32 Å². The molecule has 1 aliphatic heterocycles. The number of benzene rings is 2. The van der Waals surface area contributed by atoms with E-state index in [4.69, 9.17) is 27.9 Å². The number of ether oxygens (including phenoxy) is 1. The second-order valence-corrected chi connectivity index (χ2v) is 7.35. The van der Waals surface area contributed by atoms with Gasteiger partial charge in [0.25, 0.3) is 5.91 Å². The molecule has 5 nitrogen and oxygen atoms in total. The number of carbonyl (C=O) groups is 2. The molecule has 3 rings (SSSR count). The predicted molar refractivity (Wildman–Crippen MR) is 110 cm³/mol. The summed E-state index contributed by atoms with van der Waals surface area (Å²) in [7, 11) is 0. The molecule has 0 radical (unpaired) electrons. The topological polar surface area (TPSA) is 58.6 Å². The van der Waals surface area contributed by atoms with E-state index in [0.29, 0.717) is 40.9 Å². The van der Waals surface area contributed by atoms with Crippen molar-refractivity contribution in [3.05, 3.63) is 68.8 Å². The summed E-state index contributed by atoms with van der Waals surface area (Å²) in [4.78, 5) is 25.4. The molecule has 1 heterocycles. The van der Waals surface area contributed by atoms with Crippen LogP contribution in [0.25, 0.3) is 6.08 Å². The summed E-state index contributed by atoms with van der Waals surface area (Å²) in [6.45, 7) is 4.62. The lowest BCUT2D eigenvalue weighted by molar-refractivity contribution is -0.122. The van der Waals surface area contributed by atoms with Gasteiger partial charge in [0.15, 0.2) is 5.75 Å². The fourth-order valence-corrected chi connectivity index (χ4v) is 3.54. The Hall–Kier alpha value is -2.50. The molecular formula is C21H20Cl2N2O3. The van der Waals surface area contributed by atoms with Gasteiger partial charge < -0.3 is 10.1 Å². The van der Waals surface area contributed by atoms with Crippen molar-refractivity contribution in [2.24, 2.45) is 0 Å². The van der Waals surface area contributed by atoms with Crippen LogP contribution in [0.4, 0.5) is 4.79 Å². The minimum Gasteiger partial charge on any atom is -0.486 e. The lowest BCUT2D eigenvalue weighted by Crippen LogP contribution is -2.31. The number of urea groups is 1. The van der Waals surface area contributed by atoms with Crippen molar-refractivity contribution in [1.29, 1.82) is 0 Å². The number of hydrogen-bond acceptors (Lipinski definition) is 3. The number of halogens is 2. The van der Waals surface area contributed by atoms with Gasteiger partial charge in [-0.2, -0.15) is 0 Å². The molecule has 28 heavy (non-hydrogen) atoms. The van der Waals surface area contributed by atoms with Crippen molar-refractivity contribution in [3.63, 3.8) is 0 Å². The first-order chi connectivity index (χ1) is 13.4. The summed E-state index contributed by atoms with van der Waals surface area (Å²) in [6.07, 6.45) is 2.25. The maximum Gasteiger partial charge on any atom is 0.329 e. The van der Waals surface area contributed by atoms with Crippen LogP contribution in [0, 0.1) is 6.92 Å². The lowest BCUT2D eigenvalue weighted by atomic mass is 10.1. The van der Waals surface area contributed by atoms with Crippen molar-refractivity contribution in [3.8, 4) is 5.75 Å². The number of rotatable bonds is 6. The van der Waals surface area contributed by atoms with E-state index in [0.717, 1.165) is 11.1 Å². The third-order valence-corrected chi connectivity index (χ3v) is 4.77. The first-order valence-electron chi connectivity index (χ1n) is 8.91. The second kappa shape index (κ2) is 8.67. The number of hydrogen-bond donors (Lipinski definition) is 1. The summed E-state index contributed by atoms with van der Waals surface area (Å²) in [6, 6.07) is 10.8. The number of amides is 3. The van der Waals surface area contributed by atoms with Crippen LogP contribution in [-0.2, 0) is 11.4 Å². The highest BCUT2D eigenvalue weighted by molar-refractivity contribution is 6.37. The van der Waals surface area contributed by atoms with Crippen LogP contribution in [0.5, 0.6) is 5.75 Å². The minimum absolute atomic E-state index is 0.194. The molecule has 0 spiro atoms. The smallest absolute Gasteiger partial charge is 0.329 e. The number of imide groups is 1. The van der Waals surface area contributed by atoms with Crippen LogP contribution in [0.1, 0.15) is 30.0 Å². The fourth-order valence-electron chi connectivity index (χ4n) is 2.92. The van der Waals surface area contributed by atoms with Crippen molar-refractivity contribution < 1.29 is 14.3 Å². The molecule has 1 fully saturated rings. The second-order valence-electron chi connectivity index (χ2n) is 6.54. The molecular weight excluding hydrogens is 399 g/mol. The van der Waals surface area contributed by atoms with Gasteiger partial charge >= 0.3 is 6.03 Å². The molecule has 2 aromatic rings.